The molecule has 192 valence electrons. The van der Waals surface area contributed by atoms with Crippen molar-refractivity contribution in [2.75, 3.05) is 12.9 Å². The molecule has 0 fully saturated rings. The second-order valence-corrected chi connectivity index (χ2v) is 10.8. The number of sulfone groups is 1. The average molecular weight is 505 g/mol. The van der Waals surface area contributed by atoms with E-state index < -0.39 is 26.6 Å². The smallest absolute Gasteiger partial charge is 0.404 e. The highest BCUT2D eigenvalue weighted by molar-refractivity contribution is 7.92. The van der Waals surface area contributed by atoms with E-state index in [1.165, 1.54) is 18.0 Å². The number of hydrogen-bond donors (Lipinski definition) is 3. The molecule has 1 aromatic carbocycles. The Morgan fingerprint density at radius 3 is 2.49 bits per heavy atom. The maximum Gasteiger partial charge on any atom is 0.404 e. The Kier molecular flexibility index (Phi) is 12.8. The number of hydrogen-bond acceptors (Lipinski definition) is 6. The zero-order valence-electron chi connectivity index (χ0n) is 20.7. The zero-order chi connectivity index (χ0) is 26.3. The number of carbonyl (C=O) groups is 2. The van der Waals surface area contributed by atoms with Gasteiger partial charge in [-0.15, -0.1) is 0 Å². The van der Waals surface area contributed by atoms with Gasteiger partial charge in [0, 0.05) is 18.2 Å². The third kappa shape index (κ3) is 10.4. The predicted octanol–water partition coefficient (Wildman–Crippen LogP) is 4.13. The van der Waals surface area contributed by atoms with Crippen molar-refractivity contribution in [2.24, 2.45) is 5.73 Å². The molecule has 1 unspecified atom stereocenters. The molecule has 0 heterocycles. The minimum atomic E-state index is -3.69. The number of allylic oxidation sites excluding steroid dienone is 4. The van der Waals surface area contributed by atoms with E-state index in [0.29, 0.717) is 25.7 Å². The van der Waals surface area contributed by atoms with E-state index in [2.05, 4.69) is 29.6 Å². The monoisotopic (exact) mass is 504 g/mol. The summed E-state index contributed by atoms with van der Waals surface area (Å²) in [4.78, 5) is 22.4. The van der Waals surface area contributed by atoms with E-state index in [4.69, 9.17) is 10.9 Å². The summed E-state index contributed by atoms with van der Waals surface area (Å²) in [6, 6.07) is 8.02. The Morgan fingerprint density at radius 2 is 1.91 bits per heavy atom. The number of nitrogens with one attached hydrogen (secondary N) is 1. The summed E-state index contributed by atoms with van der Waals surface area (Å²) in [5, 5.41) is 8.89. The minimum Gasteiger partial charge on any atom is -0.450 e. The standard InChI is InChI=1S/C26H36N2O6S/c1-4-12-22(14-9-5-6-10-19-26(2,24(29)28-31)35(3,32)33)23-17-15-21(16-18-23)13-8-7-11-20-34-25(27)30/h5-6,14-18,31H,4,7,9-12,19-20H2,1-3H3,(H2,27,30)(H,28,29)/b6-5+,22-14+. The molecule has 9 heteroatoms. The number of carbonyl (C=O) groups excluding carboxylic acids is 2. The molecule has 0 saturated carbocycles. The Morgan fingerprint density at radius 1 is 1.23 bits per heavy atom. The molecule has 35 heavy (non-hydrogen) atoms. The van der Waals surface area contributed by atoms with E-state index >= 15 is 0 Å². The van der Waals surface area contributed by atoms with Gasteiger partial charge in [0.2, 0.25) is 0 Å². The Labute approximate surface area is 208 Å². The van der Waals surface area contributed by atoms with Crippen LogP contribution in [-0.4, -0.2) is 43.2 Å². The number of hydroxylamine groups is 1. The number of unbranched alkanes of at least 4 members (excludes halogenated alkanes) is 1. The average Bonchev–Trinajstić information content (AvgIpc) is 2.81. The number of benzene rings is 1. The number of nitrogens with two attached hydrogens (primary N) is 1. The van der Waals surface area contributed by atoms with Crippen LogP contribution in [0.2, 0.25) is 0 Å². The Bertz CT molecular complexity index is 1070. The highest BCUT2D eigenvalue weighted by Gasteiger charge is 2.42. The third-order valence-electron chi connectivity index (χ3n) is 5.55. The van der Waals surface area contributed by atoms with Crippen molar-refractivity contribution in [1.29, 1.82) is 0 Å². The quantitative estimate of drug-likeness (QED) is 0.121. The van der Waals surface area contributed by atoms with E-state index in [9.17, 15) is 18.0 Å². The summed E-state index contributed by atoms with van der Waals surface area (Å²) < 4.78 is 27.0. The molecule has 0 bridgehead atoms. The molecule has 1 atom stereocenters. The van der Waals surface area contributed by atoms with Gasteiger partial charge in [-0.1, -0.05) is 55.5 Å². The van der Waals surface area contributed by atoms with Crippen molar-refractivity contribution in [1.82, 2.24) is 5.48 Å². The van der Waals surface area contributed by atoms with Gasteiger partial charge in [0.15, 0.2) is 9.84 Å². The summed E-state index contributed by atoms with van der Waals surface area (Å²) in [5.41, 5.74) is 9.59. The molecule has 2 amide bonds. The summed E-state index contributed by atoms with van der Waals surface area (Å²) in [5.74, 6) is 5.22. The minimum absolute atomic E-state index is 0.0704. The fourth-order valence-corrected chi connectivity index (χ4v) is 4.14. The van der Waals surface area contributed by atoms with E-state index in [-0.39, 0.29) is 13.0 Å². The fourth-order valence-electron chi connectivity index (χ4n) is 3.27. The fraction of sp³-hybridized carbons (Fsp3) is 0.462. The lowest BCUT2D eigenvalue weighted by Crippen LogP contribution is -2.48. The van der Waals surface area contributed by atoms with Crippen LogP contribution in [0.25, 0.3) is 5.57 Å². The molecule has 4 N–H and O–H groups in total. The first kappa shape index (κ1) is 29.9. The van der Waals surface area contributed by atoms with Crippen LogP contribution in [-0.2, 0) is 19.4 Å². The maximum absolute atomic E-state index is 12.0. The van der Waals surface area contributed by atoms with E-state index in [1.807, 2.05) is 36.4 Å². The molecule has 0 aliphatic carbocycles. The molecule has 1 rings (SSSR count). The SMILES string of the molecule is CCC/C(=C\C/C=C/CCC(C)(C(=O)NO)S(C)(=O)=O)c1ccc(C#CCCCOC(N)=O)cc1. The van der Waals surface area contributed by atoms with Crippen LogP contribution in [0.3, 0.4) is 0 Å². The highest BCUT2D eigenvalue weighted by atomic mass is 32.2. The van der Waals surface area contributed by atoms with Gasteiger partial charge in [-0.2, -0.15) is 0 Å². The van der Waals surface area contributed by atoms with Crippen LogP contribution in [0.15, 0.2) is 42.5 Å². The summed E-state index contributed by atoms with van der Waals surface area (Å²) in [6.45, 7) is 3.69. The van der Waals surface area contributed by atoms with Gasteiger partial charge in [0.25, 0.3) is 5.91 Å². The van der Waals surface area contributed by atoms with Gasteiger partial charge in [-0.3, -0.25) is 10.0 Å². The lowest BCUT2D eigenvalue weighted by atomic mass is 9.98. The molecule has 0 radical (unpaired) electrons. The summed E-state index contributed by atoms with van der Waals surface area (Å²) in [6.07, 6.45) is 10.4. The van der Waals surface area contributed by atoms with Crippen molar-refractivity contribution < 1.29 is 28.0 Å². The van der Waals surface area contributed by atoms with Gasteiger partial charge in [0.05, 0.1) is 6.61 Å². The van der Waals surface area contributed by atoms with Gasteiger partial charge in [-0.05, 0) is 62.3 Å². The third-order valence-corrected chi connectivity index (χ3v) is 7.58. The molecule has 1 aromatic rings. The molecule has 8 nitrogen and oxygen atoms in total. The molecule has 0 saturated heterocycles. The Hall–Kier alpha value is -3.09. The molecule has 0 spiro atoms. The number of amides is 2. The van der Waals surface area contributed by atoms with Crippen molar-refractivity contribution >= 4 is 27.4 Å². The second-order valence-electron chi connectivity index (χ2n) is 8.32. The van der Waals surface area contributed by atoms with Crippen molar-refractivity contribution in [3.8, 4) is 11.8 Å². The van der Waals surface area contributed by atoms with Crippen LogP contribution in [0.4, 0.5) is 4.79 Å². The van der Waals surface area contributed by atoms with Gasteiger partial charge >= 0.3 is 6.09 Å². The van der Waals surface area contributed by atoms with Crippen molar-refractivity contribution in [3.05, 3.63) is 53.6 Å². The van der Waals surface area contributed by atoms with Crippen molar-refractivity contribution in [2.45, 2.75) is 63.5 Å². The van der Waals surface area contributed by atoms with Crippen LogP contribution >= 0.6 is 0 Å². The van der Waals surface area contributed by atoms with Crippen molar-refractivity contribution in [3.63, 3.8) is 0 Å². The number of ether oxygens (including phenoxy) is 1. The van der Waals surface area contributed by atoms with E-state index in [0.717, 1.165) is 30.2 Å². The van der Waals surface area contributed by atoms with Crippen LogP contribution < -0.4 is 11.2 Å². The zero-order valence-corrected chi connectivity index (χ0v) is 21.5. The molecular formula is C26H36N2O6S. The topological polar surface area (TPSA) is 136 Å². The van der Waals surface area contributed by atoms with Crippen LogP contribution in [0, 0.1) is 11.8 Å². The second kappa shape index (κ2) is 15.0. The van der Waals surface area contributed by atoms with E-state index in [1.54, 1.807) is 0 Å². The maximum atomic E-state index is 12.0. The predicted molar refractivity (Wildman–Crippen MR) is 137 cm³/mol. The first-order valence-electron chi connectivity index (χ1n) is 11.5. The first-order chi connectivity index (χ1) is 16.5. The molecule has 0 aliphatic rings. The number of primary amides is 1. The van der Waals surface area contributed by atoms with Gasteiger partial charge in [-0.25, -0.2) is 18.7 Å². The molecular weight excluding hydrogens is 468 g/mol. The Balaban J connectivity index is 2.70. The number of rotatable bonds is 13. The van der Waals surface area contributed by atoms with Crippen LogP contribution in [0.1, 0.15) is 69.9 Å². The van der Waals surface area contributed by atoms with Gasteiger partial charge in [0.1, 0.15) is 4.75 Å². The first-order valence-corrected chi connectivity index (χ1v) is 13.4. The highest BCUT2D eigenvalue weighted by Crippen LogP contribution is 2.24. The van der Waals surface area contributed by atoms with Gasteiger partial charge < -0.3 is 10.5 Å². The largest absolute Gasteiger partial charge is 0.450 e. The lowest BCUT2D eigenvalue weighted by Gasteiger charge is -2.24. The normalized spacial score (nSPS) is 13.5. The summed E-state index contributed by atoms with van der Waals surface area (Å²) in [7, 11) is -3.69. The summed E-state index contributed by atoms with van der Waals surface area (Å²) >= 11 is 0. The molecule has 0 aliphatic heterocycles. The molecule has 0 aromatic heterocycles. The van der Waals surface area contributed by atoms with Crippen LogP contribution in [0.5, 0.6) is 0 Å². The lowest BCUT2D eigenvalue weighted by molar-refractivity contribution is -0.131.